The molecule has 3 aromatic carbocycles. The van der Waals surface area contributed by atoms with Crippen LogP contribution in [0.5, 0.6) is 0 Å². The van der Waals surface area contributed by atoms with Gasteiger partial charge in [-0.25, -0.2) is 4.98 Å². The number of pyridine rings is 1. The van der Waals surface area contributed by atoms with E-state index in [0.717, 1.165) is 91.7 Å². The van der Waals surface area contributed by atoms with Crippen molar-refractivity contribution < 1.29 is 4.79 Å². The number of piperidine rings is 1. The number of benzene rings is 3. The zero-order valence-corrected chi connectivity index (χ0v) is 21.6. The summed E-state index contributed by atoms with van der Waals surface area (Å²) < 4.78 is 0. The van der Waals surface area contributed by atoms with Crippen LogP contribution in [0.25, 0.3) is 21.8 Å². The first kappa shape index (κ1) is 23.9. The Balaban J connectivity index is 1.30. The fourth-order valence-corrected chi connectivity index (χ4v) is 5.73. The molecule has 2 fully saturated rings. The smallest absolute Gasteiger partial charge is 0.254 e. The van der Waals surface area contributed by atoms with Crippen LogP contribution in [0.4, 0.5) is 5.69 Å². The Kier molecular flexibility index (Phi) is 6.77. The van der Waals surface area contributed by atoms with Gasteiger partial charge in [0.05, 0.1) is 22.3 Å². The predicted octanol–water partition coefficient (Wildman–Crippen LogP) is 4.85. The van der Waals surface area contributed by atoms with E-state index in [1.165, 1.54) is 5.56 Å². The van der Waals surface area contributed by atoms with Gasteiger partial charge in [0.15, 0.2) is 0 Å². The Bertz CT molecular complexity index is 1390. The number of nitrogens with one attached hydrogen (secondary N) is 1. The van der Waals surface area contributed by atoms with Crippen LogP contribution in [0.3, 0.4) is 0 Å². The molecule has 1 aromatic heterocycles. The van der Waals surface area contributed by atoms with Crippen molar-refractivity contribution in [3.63, 3.8) is 0 Å². The van der Waals surface area contributed by atoms with Gasteiger partial charge in [-0.15, -0.1) is 0 Å². The lowest BCUT2D eigenvalue weighted by Crippen LogP contribution is -2.47. The minimum absolute atomic E-state index is 0.108. The van der Waals surface area contributed by atoms with E-state index in [0.29, 0.717) is 6.04 Å². The average Bonchev–Trinajstić information content (AvgIpc) is 2.94. The lowest BCUT2D eigenvalue weighted by Gasteiger charge is -2.34. The maximum Gasteiger partial charge on any atom is 0.254 e. The molecule has 2 saturated heterocycles. The maximum absolute atomic E-state index is 13.8. The summed E-state index contributed by atoms with van der Waals surface area (Å²) in [4.78, 5) is 25.5. The summed E-state index contributed by atoms with van der Waals surface area (Å²) in [7, 11) is 2.11. The molecular formula is C31H35N5O. The number of aromatic nitrogens is 1. The number of anilines is 1. The zero-order valence-electron chi connectivity index (χ0n) is 21.6. The Morgan fingerprint density at radius 2 is 1.54 bits per heavy atom. The maximum atomic E-state index is 13.8. The second kappa shape index (κ2) is 10.5. The average molecular weight is 494 g/mol. The number of amides is 1. The molecule has 1 amide bonds. The predicted molar refractivity (Wildman–Crippen MR) is 151 cm³/mol. The number of fused-ring (bicyclic) bond motifs is 2. The Morgan fingerprint density at radius 3 is 2.32 bits per heavy atom. The highest BCUT2D eigenvalue weighted by molar-refractivity contribution is 6.16. The highest BCUT2D eigenvalue weighted by atomic mass is 16.2. The zero-order chi connectivity index (χ0) is 25.2. The SMILES string of the molecule is CN1CCN(C(=O)c2cccc3nc4ccccc4c(NC4CCN(Cc5ccccc5)CC4)c23)CC1. The van der Waals surface area contributed by atoms with Crippen LogP contribution in [0.2, 0.25) is 0 Å². The minimum atomic E-state index is 0.108. The molecule has 0 radical (unpaired) electrons. The van der Waals surface area contributed by atoms with E-state index in [-0.39, 0.29) is 5.91 Å². The molecule has 0 aliphatic carbocycles. The van der Waals surface area contributed by atoms with Crippen molar-refractivity contribution in [3.05, 3.63) is 83.9 Å². The van der Waals surface area contributed by atoms with Crippen LogP contribution in [0, 0.1) is 0 Å². The van der Waals surface area contributed by atoms with E-state index in [1.54, 1.807) is 0 Å². The summed E-state index contributed by atoms with van der Waals surface area (Å²) in [6, 6.07) is 25.4. The fraction of sp³-hybridized carbons (Fsp3) is 0.355. The van der Waals surface area contributed by atoms with E-state index >= 15 is 0 Å². The van der Waals surface area contributed by atoms with Gasteiger partial charge in [0.1, 0.15) is 0 Å². The number of piperazine rings is 1. The summed E-state index contributed by atoms with van der Waals surface area (Å²) in [5.41, 5.74) is 5.02. The second-order valence-corrected chi connectivity index (χ2v) is 10.5. The number of carbonyl (C=O) groups is 1. The first-order chi connectivity index (χ1) is 18.2. The Hall–Kier alpha value is -3.48. The van der Waals surface area contributed by atoms with E-state index in [4.69, 9.17) is 4.98 Å². The third-order valence-corrected chi connectivity index (χ3v) is 7.91. The molecular weight excluding hydrogens is 458 g/mol. The second-order valence-electron chi connectivity index (χ2n) is 10.5. The van der Waals surface area contributed by atoms with Crippen LogP contribution >= 0.6 is 0 Å². The van der Waals surface area contributed by atoms with Crippen LogP contribution in [-0.4, -0.2) is 77.9 Å². The molecule has 1 N–H and O–H groups in total. The molecule has 3 heterocycles. The Morgan fingerprint density at radius 1 is 0.838 bits per heavy atom. The molecule has 37 heavy (non-hydrogen) atoms. The molecule has 6 nitrogen and oxygen atoms in total. The van der Waals surface area contributed by atoms with Crippen LogP contribution < -0.4 is 5.32 Å². The molecule has 2 aliphatic heterocycles. The van der Waals surface area contributed by atoms with Crippen LogP contribution in [-0.2, 0) is 6.54 Å². The molecule has 0 atom stereocenters. The number of nitrogens with zero attached hydrogens (tertiary/aromatic N) is 4. The first-order valence-corrected chi connectivity index (χ1v) is 13.5. The van der Waals surface area contributed by atoms with Gasteiger partial charge in [0, 0.05) is 62.6 Å². The topological polar surface area (TPSA) is 51.7 Å². The molecule has 0 spiro atoms. The van der Waals surface area contributed by atoms with Gasteiger partial charge in [-0.1, -0.05) is 54.6 Å². The van der Waals surface area contributed by atoms with E-state index in [2.05, 4.69) is 70.7 Å². The number of rotatable bonds is 5. The molecule has 0 bridgehead atoms. The third-order valence-electron chi connectivity index (χ3n) is 7.91. The van der Waals surface area contributed by atoms with Gasteiger partial charge < -0.3 is 15.1 Å². The van der Waals surface area contributed by atoms with Crippen molar-refractivity contribution in [2.75, 3.05) is 51.6 Å². The number of para-hydroxylation sites is 1. The summed E-state index contributed by atoms with van der Waals surface area (Å²) in [5, 5.41) is 5.95. The lowest BCUT2D eigenvalue weighted by molar-refractivity contribution is 0.0666. The largest absolute Gasteiger partial charge is 0.381 e. The number of carbonyl (C=O) groups excluding carboxylic acids is 1. The van der Waals surface area contributed by atoms with Gasteiger partial charge in [-0.3, -0.25) is 9.69 Å². The molecule has 6 heteroatoms. The van der Waals surface area contributed by atoms with Crippen molar-refractivity contribution in [2.45, 2.75) is 25.4 Å². The fourth-order valence-electron chi connectivity index (χ4n) is 5.73. The van der Waals surface area contributed by atoms with Gasteiger partial charge in [0.25, 0.3) is 5.91 Å². The van der Waals surface area contributed by atoms with Crippen molar-refractivity contribution >= 4 is 33.4 Å². The van der Waals surface area contributed by atoms with E-state index < -0.39 is 0 Å². The first-order valence-electron chi connectivity index (χ1n) is 13.5. The van der Waals surface area contributed by atoms with Crippen molar-refractivity contribution in [1.29, 1.82) is 0 Å². The number of hydrogen-bond acceptors (Lipinski definition) is 5. The van der Waals surface area contributed by atoms with Crippen molar-refractivity contribution in [1.82, 2.24) is 19.7 Å². The van der Waals surface area contributed by atoms with Gasteiger partial charge >= 0.3 is 0 Å². The van der Waals surface area contributed by atoms with Crippen molar-refractivity contribution in [3.8, 4) is 0 Å². The summed E-state index contributed by atoms with van der Waals surface area (Å²) in [6.07, 6.45) is 2.14. The van der Waals surface area contributed by atoms with Crippen LogP contribution in [0.15, 0.2) is 72.8 Å². The summed E-state index contributed by atoms with van der Waals surface area (Å²) in [5.74, 6) is 0.108. The van der Waals surface area contributed by atoms with E-state index in [9.17, 15) is 4.79 Å². The third kappa shape index (κ3) is 5.04. The molecule has 2 aliphatic rings. The summed E-state index contributed by atoms with van der Waals surface area (Å²) >= 11 is 0. The van der Waals surface area contributed by atoms with Crippen molar-refractivity contribution in [2.24, 2.45) is 0 Å². The van der Waals surface area contributed by atoms with Crippen LogP contribution in [0.1, 0.15) is 28.8 Å². The lowest BCUT2D eigenvalue weighted by atomic mass is 9.98. The molecule has 4 aromatic rings. The number of hydrogen-bond donors (Lipinski definition) is 1. The standard InChI is InChI=1S/C31H35N5O/c1-34-18-20-36(21-19-34)31(37)26-11-7-13-28-29(26)30(25-10-5-6-12-27(25)33-28)32-24-14-16-35(17-15-24)22-23-8-3-2-4-9-23/h2-13,24H,14-22H2,1H3,(H,32,33). The quantitative estimate of drug-likeness (QED) is 0.403. The monoisotopic (exact) mass is 493 g/mol. The summed E-state index contributed by atoms with van der Waals surface area (Å²) in [6.45, 7) is 6.44. The minimum Gasteiger partial charge on any atom is -0.381 e. The molecule has 6 rings (SSSR count). The highest BCUT2D eigenvalue weighted by Gasteiger charge is 2.26. The number of likely N-dealkylation sites (tertiary alicyclic amines) is 1. The van der Waals surface area contributed by atoms with Gasteiger partial charge in [-0.2, -0.15) is 0 Å². The molecule has 190 valence electrons. The highest BCUT2D eigenvalue weighted by Crippen LogP contribution is 2.35. The van der Waals surface area contributed by atoms with E-state index in [1.807, 2.05) is 29.2 Å². The normalized spacial score (nSPS) is 17.9. The Labute approximate surface area is 218 Å². The molecule has 0 unspecified atom stereocenters. The number of likely N-dealkylation sites (N-methyl/N-ethyl adjacent to an activating group) is 1. The molecule has 0 saturated carbocycles. The van der Waals surface area contributed by atoms with Gasteiger partial charge in [-0.05, 0) is 43.7 Å². The van der Waals surface area contributed by atoms with Gasteiger partial charge in [0.2, 0.25) is 0 Å².